The maximum atomic E-state index is 12.6. The highest BCUT2D eigenvalue weighted by molar-refractivity contribution is 7.61. The van der Waals surface area contributed by atoms with Crippen molar-refractivity contribution >= 4 is 18.4 Å². The fourth-order valence-corrected chi connectivity index (χ4v) is 3.24. The van der Waals surface area contributed by atoms with Gasteiger partial charge in [0, 0.05) is 10.6 Å². The SMILES string of the molecule is O=[PH](c1cccc(C(F)(F)F)c1)c1cccc(C(F)(F)F)c1. The monoisotopic (exact) mass is 338 g/mol. The van der Waals surface area contributed by atoms with Crippen LogP contribution in [-0.2, 0) is 16.9 Å². The van der Waals surface area contributed by atoms with Crippen molar-refractivity contribution in [2.75, 3.05) is 0 Å². The van der Waals surface area contributed by atoms with Gasteiger partial charge in [-0.25, -0.2) is 0 Å². The van der Waals surface area contributed by atoms with Crippen LogP contribution in [0.1, 0.15) is 11.1 Å². The Morgan fingerprint density at radius 2 is 1.05 bits per heavy atom. The van der Waals surface area contributed by atoms with E-state index >= 15 is 0 Å². The molecule has 22 heavy (non-hydrogen) atoms. The first-order chi connectivity index (χ1) is 10.1. The molecule has 2 aromatic carbocycles. The van der Waals surface area contributed by atoms with Gasteiger partial charge in [0.1, 0.15) is 7.80 Å². The van der Waals surface area contributed by atoms with E-state index < -0.39 is 31.3 Å². The topological polar surface area (TPSA) is 17.1 Å². The van der Waals surface area contributed by atoms with Crippen molar-refractivity contribution in [1.82, 2.24) is 0 Å². The molecule has 0 saturated carbocycles. The molecule has 2 rings (SSSR count). The van der Waals surface area contributed by atoms with Crippen molar-refractivity contribution in [2.24, 2.45) is 0 Å². The third-order valence-electron chi connectivity index (χ3n) is 2.90. The molecule has 2 aromatic rings. The predicted octanol–water partition coefficient (Wildman–Crippen LogP) is 4.23. The lowest BCUT2D eigenvalue weighted by atomic mass is 10.2. The first-order valence-electron chi connectivity index (χ1n) is 5.98. The van der Waals surface area contributed by atoms with Gasteiger partial charge >= 0.3 is 12.4 Å². The molecule has 0 spiro atoms. The average molecular weight is 338 g/mol. The van der Waals surface area contributed by atoms with Crippen molar-refractivity contribution < 1.29 is 30.9 Å². The zero-order chi connectivity index (χ0) is 16.5. The second kappa shape index (κ2) is 5.80. The zero-order valence-corrected chi connectivity index (χ0v) is 11.8. The smallest absolute Gasteiger partial charge is 0.317 e. The minimum atomic E-state index is -4.61. The van der Waals surface area contributed by atoms with E-state index in [0.717, 1.165) is 24.3 Å². The standard InChI is InChI=1S/C14H9F6OP/c15-13(16,17)9-3-1-5-11(7-9)22(21)12-6-2-4-10(8-12)14(18,19)20/h1-8,22H. The third-order valence-corrected chi connectivity index (χ3v) is 4.57. The molecule has 1 nitrogen and oxygen atoms in total. The minimum absolute atomic E-state index is 0.140. The van der Waals surface area contributed by atoms with Crippen LogP contribution in [0.5, 0.6) is 0 Å². The normalized spacial score (nSPS) is 12.7. The molecule has 0 bridgehead atoms. The fourth-order valence-electron chi connectivity index (χ4n) is 1.84. The van der Waals surface area contributed by atoms with Gasteiger partial charge in [-0.3, -0.25) is 0 Å². The molecule has 0 radical (unpaired) electrons. The van der Waals surface area contributed by atoms with Crippen molar-refractivity contribution in [2.45, 2.75) is 12.4 Å². The Balaban J connectivity index is 2.41. The van der Waals surface area contributed by atoms with Gasteiger partial charge in [0.2, 0.25) is 0 Å². The minimum Gasteiger partial charge on any atom is -0.317 e. The molecule has 0 aromatic heterocycles. The molecule has 8 heteroatoms. The summed E-state index contributed by atoms with van der Waals surface area (Å²) in [6, 6.07) is 7.58. The van der Waals surface area contributed by atoms with Crippen LogP contribution >= 0.6 is 7.80 Å². The Morgan fingerprint density at radius 3 is 1.36 bits per heavy atom. The van der Waals surface area contributed by atoms with Crippen LogP contribution in [0.25, 0.3) is 0 Å². The molecule has 0 N–H and O–H groups in total. The summed E-state index contributed by atoms with van der Waals surface area (Å²) in [5, 5.41) is -0.279. The Kier molecular flexibility index (Phi) is 4.38. The second-order valence-electron chi connectivity index (χ2n) is 4.49. The van der Waals surface area contributed by atoms with E-state index in [2.05, 4.69) is 0 Å². The van der Waals surface area contributed by atoms with Crippen molar-refractivity contribution in [3.05, 3.63) is 59.7 Å². The number of hydrogen-bond acceptors (Lipinski definition) is 1. The van der Waals surface area contributed by atoms with Crippen molar-refractivity contribution in [1.29, 1.82) is 0 Å². The summed E-state index contributed by atoms with van der Waals surface area (Å²) in [6.45, 7) is 0. The summed E-state index contributed by atoms with van der Waals surface area (Å²) < 4.78 is 87.9. The molecule has 0 aliphatic carbocycles. The number of benzene rings is 2. The predicted molar refractivity (Wildman–Crippen MR) is 71.2 cm³/mol. The molecule has 0 amide bonds. The second-order valence-corrected chi connectivity index (χ2v) is 6.30. The zero-order valence-electron chi connectivity index (χ0n) is 10.8. The Bertz CT molecular complexity index is 645. The average Bonchev–Trinajstić information content (AvgIpc) is 2.45. The number of halogens is 6. The third kappa shape index (κ3) is 3.71. The van der Waals surface area contributed by atoms with Crippen LogP contribution in [0.2, 0.25) is 0 Å². The van der Waals surface area contributed by atoms with E-state index in [1.54, 1.807) is 0 Å². The summed E-state index contributed by atoms with van der Waals surface area (Å²) in [5.41, 5.74) is -1.98. The van der Waals surface area contributed by atoms with Crippen LogP contribution in [0.4, 0.5) is 26.3 Å². The maximum Gasteiger partial charge on any atom is 0.416 e. The molecule has 0 atom stereocenters. The molecule has 0 heterocycles. The van der Waals surface area contributed by atoms with Gasteiger partial charge in [-0.05, 0) is 24.3 Å². The van der Waals surface area contributed by atoms with E-state index in [4.69, 9.17) is 0 Å². The summed E-state index contributed by atoms with van der Waals surface area (Å²) in [7, 11) is -2.96. The molecular weight excluding hydrogens is 329 g/mol. The highest BCUT2D eigenvalue weighted by atomic mass is 31.1. The van der Waals surface area contributed by atoms with Gasteiger partial charge in [-0.1, -0.05) is 24.3 Å². The van der Waals surface area contributed by atoms with Gasteiger partial charge in [0.25, 0.3) is 0 Å². The summed E-state index contributed by atoms with van der Waals surface area (Å²) >= 11 is 0. The molecule has 0 fully saturated rings. The first kappa shape index (κ1) is 16.6. The van der Waals surface area contributed by atoms with Gasteiger partial charge in [0.15, 0.2) is 0 Å². The van der Waals surface area contributed by atoms with Crippen molar-refractivity contribution in [3.63, 3.8) is 0 Å². The number of hydrogen-bond donors (Lipinski definition) is 0. The largest absolute Gasteiger partial charge is 0.416 e. The van der Waals surface area contributed by atoms with E-state index in [-0.39, 0.29) is 10.6 Å². The highest BCUT2D eigenvalue weighted by Gasteiger charge is 2.32. The van der Waals surface area contributed by atoms with Gasteiger partial charge in [0.05, 0.1) is 11.1 Å². The van der Waals surface area contributed by atoms with Crippen LogP contribution in [-0.4, -0.2) is 0 Å². The Morgan fingerprint density at radius 1 is 0.682 bits per heavy atom. The van der Waals surface area contributed by atoms with Gasteiger partial charge < -0.3 is 4.57 Å². The summed E-state index contributed by atoms with van der Waals surface area (Å²) in [6.07, 6.45) is -9.21. The molecule has 0 saturated heterocycles. The van der Waals surface area contributed by atoms with E-state index in [1.165, 1.54) is 12.1 Å². The molecule has 0 aliphatic heterocycles. The van der Waals surface area contributed by atoms with Gasteiger partial charge in [-0.15, -0.1) is 0 Å². The van der Waals surface area contributed by atoms with Crippen molar-refractivity contribution in [3.8, 4) is 0 Å². The summed E-state index contributed by atoms with van der Waals surface area (Å²) in [5.74, 6) is 0. The lowest BCUT2D eigenvalue weighted by Crippen LogP contribution is -2.14. The molecule has 0 aliphatic rings. The highest BCUT2D eigenvalue weighted by Crippen LogP contribution is 2.32. The van der Waals surface area contributed by atoms with E-state index in [1.807, 2.05) is 0 Å². The van der Waals surface area contributed by atoms with Gasteiger partial charge in [-0.2, -0.15) is 26.3 Å². The fraction of sp³-hybridized carbons (Fsp3) is 0.143. The Hall–Kier alpha value is -1.75. The van der Waals surface area contributed by atoms with Crippen LogP contribution in [0, 0.1) is 0 Å². The van der Waals surface area contributed by atoms with Crippen LogP contribution in [0.15, 0.2) is 48.5 Å². The maximum absolute atomic E-state index is 12.6. The number of alkyl halides is 6. The van der Waals surface area contributed by atoms with E-state index in [0.29, 0.717) is 12.1 Å². The molecule has 0 unspecified atom stereocenters. The Labute approximate surface area is 122 Å². The lowest BCUT2D eigenvalue weighted by molar-refractivity contribution is -0.138. The lowest BCUT2D eigenvalue weighted by Gasteiger charge is -2.11. The van der Waals surface area contributed by atoms with Crippen LogP contribution in [0.3, 0.4) is 0 Å². The first-order valence-corrected chi connectivity index (χ1v) is 7.39. The quantitative estimate of drug-likeness (QED) is 0.591. The van der Waals surface area contributed by atoms with E-state index in [9.17, 15) is 30.9 Å². The summed E-state index contributed by atoms with van der Waals surface area (Å²) in [4.78, 5) is 0. The van der Waals surface area contributed by atoms with Crippen LogP contribution < -0.4 is 10.6 Å². The number of rotatable bonds is 2. The molecule has 118 valence electrons. The molecular formula is C14H9F6OP.